The summed E-state index contributed by atoms with van der Waals surface area (Å²) in [6.45, 7) is 5.95. The first-order valence-electron chi connectivity index (χ1n) is 9.46. The molecule has 142 valence electrons. The van der Waals surface area contributed by atoms with Crippen molar-refractivity contribution in [2.75, 3.05) is 38.1 Å². The Morgan fingerprint density at radius 1 is 0.964 bits per heavy atom. The molecule has 0 spiro atoms. The van der Waals surface area contributed by atoms with E-state index in [9.17, 15) is 4.79 Å². The molecule has 0 radical (unpaired) electrons. The molecule has 0 aliphatic carbocycles. The number of para-hydroxylation sites is 1. The summed E-state index contributed by atoms with van der Waals surface area (Å²) >= 11 is 0. The third-order valence-electron chi connectivity index (χ3n) is 5.44. The van der Waals surface area contributed by atoms with Crippen LogP contribution in [0.15, 0.2) is 56.1 Å². The molecular formula is C22H21N3O3. The first-order chi connectivity index (χ1) is 13.6. The van der Waals surface area contributed by atoms with Crippen LogP contribution in [0.25, 0.3) is 33.5 Å². The fraction of sp³-hybridized carbons (Fsp3) is 0.273. The molecule has 1 aliphatic rings. The maximum atomic E-state index is 12.6. The second-order valence-corrected chi connectivity index (χ2v) is 7.40. The zero-order valence-corrected chi connectivity index (χ0v) is 15.9. The van der Waals surface area contributed by atoms with Crippen LogP contribution in [0.4, 0.5) is 5.69 Å². The molecule has 1 fully saturated rings. The molecule has 5 rings (SSSR count). The van der Waals surface area contributed by atoms with Crippen molar-refractivity contribution in [3.8, 4) is 11.5 Å². The molecule has 0 unspecified atom stereocenters. The number of likely N-dealkylation sites (N-methyl/N-ethyl adjacent to an activating group) is 1. The number of hydrogen-bond donors (Lipinski definition) is 0. The van der Waals surface area contributed by atoms with Gasteiger partial charge in [0, 0.05) is 43.3 Å². The van der Waals surface area contributed by atoms with E-state index in [2.05, 4.69) is 27.9 Å². The molecule has 1 saturated heterocycles. The van der Waals surface area contributed by atoms with Crippen LogP contribution in [0, 0.1) is 6.92 Å². The topological polar surface area (TPSA) is 62.7 Å². The van der Waals surface area contributed by atoms with Crippen LogP contribution in [0.5, 0.6) is 0 Å². The SMILES string of the molecule is Cc1cccc2oc(-c3cc4ccc(N5CCN(C)CC5)cc4oc3=O)nc12. The van der Waals surface area contributed by atoms with E-state index in [1.807, 2.05) is 37.3 Å². The van der Waals surface area contributed by atoms with E-state index in [4.69, 9.17) is 8.83 Å². The van der Waals surface area contributed by atoms with Crippen LogP contribution >= 0.6 is 0 Å². The lowest BCUT2D eigenvalue weighted by atomic mass is 10.1. The number of oxazole rings is 1. The number of hydrogen-bond acceptors (Lipinski definition) is 6. The van der Waals surface area contributed by atoms with Gasteiger partial charge in [-0.05, 0) is 43.8 Å². The monoisotopic (exact) mass is 375 g/mol. The summed E-state index contributed by atoms with van der Waals surface area (Å²) < 4.78 is 11.4. The second kappa shape index (κ2) is 6.49. The highest BCUT2D eigenvalue weighted by Crippen LogP contribution is 2.28. The number of piperazine rings is 1. The van der Waals surface area contributed by atoms with Gasteiger partial charge in [0.25, 0.3) is 0 Å². The average molecular weight is 375 g/mol. The van der Waals surface area contributed by atoms with E-state index in [0.717, 1.165) is 48.3 Å². The molecule has 1 aliphatic heterocycles. The fourth-order valence-electron chi connectivity index (χ4n) is 3.71. The first kappa shape index (κ1) is 17.0. The number of fused-ring (bicyclic) bond motifs is 2. The zero-order chi connectivity index (χ0) is 19.3. The van der Waals surface area contributed by atoms with Gasteiger partial charge in [0.05, 0.1) is 0 Å². The predicted octanol–water partition coefficient (Wildman–Crippen LogP) is 3.66. The Kier molecular flexibility index (Phi) is 3.94. The number of aryl methyl sites for hydroxylation is 1. The molecule has 28 heavy (non-hydrogen) atoms. The van der Waals surface area contributed by atoms with Gasteiger partial charge < -0.3 is 18.6 Å². The van der Waals surface area contributed by atoms with Gasteiger partial charge in [-0.3, -0.25) is 0 Å². The van der Waals surface area contributed by atoms with E-state index in [-0.39, 0.29) is 0 Å². The number of aromatic nitrogens is 1. The summed E-state index contributed by atoms with van der Waals surface area (Å²) in [6.07, 6.45) is 0. The van der Waals surface area contributed by atoms with Crippen molar-refractivity contribution in [3.63, 3.8) is 0 Å². The van der Waals surface area contributed by atoms with E-state index < -0.39 is 5.63 Å². The molecule has 0 bridgehead atoms. The Bertz CT molecular complexity index is 1230. The Morgan fingerprint density at radius 2 is 1.79 bits per heavy atom. The summed E-state index contributed by atoms with van der Waals surface area (Å²) in [7, 11) is 2.13. The minimum atomic E-state index is -0.438. The summed E-state index contributed by atoms with van der Waals surface area (Å²) in [6, 6.07) is 13.5. The molecule has 2 aromatic carbocycles. The van der Waals surface area contributed by atoms with Crippen LogP contribution in [-0.4, -0.2) is 43.1 Å². The lowest BCUT2D eigenvalue weighted by molar-refractivity contribution is 0.313. The minimum Gasteiger partial charge on any atom is -0.436 e. The highest BCUT2D eigenvalue weighted by Gasteiger charge is 2.18. The van der Waals surface area contributed by atoms with Crippen molar-refractivity contribution in [2.24, 2.45) is 0 Å². The molecular weight excluding hydrogens is 354 g/mol. The largest absolute Gasteiger partial charge is 0.436 e. The van der Waals surface area contributed by atoms with Crippen LogP contribution in [-0.2, 0) is 0 Å². The Labute approximate surface area is 162 Å². The third-order valence-corrected chi connectivity index (χ3v) is 5.44. The molecule has 0 atom stereocenters. The van der Waals surface area contributed by atoms with Gasteiger partial charge in [0.15, 0.2) is 5.58 Å². The van der Waals surface area contributed by atoms with Crippen LogP contribution in [0.1, 0.15) is 5.56 Å². The molecule has 4 aromatic rings. The maximum Gasteiger partial charge on any atom is 0.349 e. The zero-order valence-electron chi connectivity index (χ0n) is 15.9. The fourth-order valence-corrected chi connectivity index (χ4v) is 3.71. The van der Waals surface area contributed by atoms with Gasteiger partial charge in [0.1, 0.15) is 16.7 Å². The Hall–Kier alpha value is -3.12. The molecule has 0 N–H and O–H groups in total. The quantitative estimate of drug-likeness (QED) is 0.498. The summed E-state index contributed by atoms with van der Waals surface area (Å²) in [4.78, 5) is 21.8. The van der Waals surface area contributed by atoms with Gasteiger partial charge in [-0.15, -0.1) is 0 Å². The van der Waals surface area contributed by atoms with Gasteiger partial charge in [-0.1, -0.05) is 12.1 Å². The van der Waals surface area contributed by atoms with E-state index >= 15 is 0 Å². The van der Waals surface area contributed by atoms with Crippen molar-refractivity contribution < 1.29 is 8.83 Å². The number of rotatable bonds is 2. The minimum absolute atomic E-state index is 0.295. The van der Waals surface area contributed by atoms with E-state index in [1.54, 1.807) is 6.07 Å². The van der Waals surface area contributed by atoms with Crippen molar-refractivity contribution in [1.29, 1.82) is 0 Å². The van der Waals surface area contributed by atoms with Gasteiger partial charge >= 0.3 is 5.63 Å². The predicted molar refractivity (Wildman–Crippen MR) is 110 cm³/mol. The first-order valence-corrected chi connectivity index (χ1v) is 9.46. The van der Waals surface area contributed by atoms with Crippen molar-refractivity contribution in [2.45, 2.75) is 6.92 Å². The Morgan fingerprint density at radius 3 is 2.57 bits per heavy atom. The molecule has 0 saturated carbocycles. The average Bonchev–Trinajstić information content (AvgIpc) is 3.13. The molecule has 2 aromatic heterocycles. The van der Waals surface area contributed by atoms with Crippen LogP contribution in [0.3, 0.4) is 0 Å². The van der Waals surface area contributed by atoms with E-state index in [1.165, 1.54) is 0 Å². The normalized spacial score (nSPS) is 15.6. The highest BCUT2D eigenvalue weighted by molar-refractivity contribution is 5.85. The summed E-state index contributed by atoms with van der Waals surface area (Å²) in [5.74, 6) is 0.295. The molecule has 6 nitrogen and oxygen atoms in total. The molecule has 0 amide bonds. The van der Waals surface area contributed by atoms with Crippen molar-refractivity contribution in [1.82, 2.24) is 9.88 Å². The number of nitrogens with zero attached hydrogens (tertiary/aromatic N) is 3. The van der Waals surface area contributed by atoms with Crippen LogP contribution < -0.4 is 10.5 Å². The molecule has 6 heteroatoms. The summed E-state index contributed by atoms with van der Waals surface area (Å²) in [5.41, 5.74) is 4.01. The van der Waals surface area contributed by atoms with Gasteiger partial charge in [-0.2, -0.15) is 0 Å². The van der Waals surface area contributed by atoms with Crippen molar-refractivity contribution in [3.05, 3.63) is 58.4 Å². The van der Waals surface area contributed by atoms with Crippen molar-refractivity contribution >= 4 is 27.8 Å². The third kappa shape index (κ3) is 2.86. The van der Waals surface area contributed by atoms with Gasteiger partial charge in [-0.25, -0.2) is 9.78 Å². The Balaban J connectivity index is 1.56. The van der Waals surface area contributed by atoms with E-state index in [0.29, 0.717) is 22.6 Å². The molecule has 3 heterocycles. The maximum absolute atomic E-state index is 12.6. The smallest absolute Gasteiger partial charge is 0.349 e. The number of anilines is 1. The van der Waals surface area contributed by atoms with Gasteiger partial charge in [0.2, 0.25) is 5.89 Å². The number of benzene rings is 2. The standard InChI is InChI=1S/C22H21N3O3/c1-14-4-3-5-18-20(14)23-21(27-18)17-12-15-6-7-16(13-19(15)28-22(17)26)25-10-8-24(2)9-11-25/h3-7,12-13H,8-11H2,1-2H3. The van der Waals surface area contributed by atoms with Crippen LogP contribution in [0.2, 0.25) is 0 Å². The summed E-state index contributed by atoms with van der Waals surface area (Å²) in [5, 5.41) is 0.853. The second-order valence-electron chi connectivity index (χ2n) is 7.40. The lowest BCUT2D eigenvalue weighted by Crippen LogP contribution is -2.44. The highest BCUT2D eigenvalue weighted by atomic mass is 16.4. The lowest BCUT2D eigenvalue weighted by Gasteiger charge is -2.34.